The number of primary amides is 1. The largest absolute Gasteiger partial charge is 0.484 e. The molecule has 0 aliphatic carbocycles. The lowest BCUT2D eigenvalue weighted by Gasteiger charge is -2.17. The summed E-state index contributed by atoms with van der Waals surface area (Å²) in [5.41, 5.74) is 7.10. The molecule has 2 rings (SSSR count). The number of aliphatic hydroxyl groups excluding tert-OH is 1. The molecule has 5 heteroatoms. The fraction of sp³-hybridized carbons (Fsp3) is 0.316. The van der Waals surface area contributed by atoms with Gasteiger partial charge in [-0.3, -0.25) is 4.79 Å². The Morgan fingerprint density at radius 3 is 2.46 bits per heavy atom. The van der Waals surface area contributed by atoms with Crippen molar-refractivity contribution in [1.29, 1.82) is 0 Å². The Kier molecular flexibility index (Phi) is 6.78. The predicted octanol–water partition coefficient (Wildman–Crippen LogP) is 1.80. The maximum absolute atomic E-state index is 10.7. The van der Waals surface area contributed by atoms with Gasteiger partial charge in [0.1, 0.15) is 5.75 Å². The number of carbonyl (C=O) groups is 1. The summed E-state index contributed by atoms with van der Waals surface area (Å²) in [6, 6.07) is 17.4. The van der Waals surface area contributed by atoms with Gasteiger partial charge in [-0.05, 0) is 36.6 Å². The number of hydrogen-bond acceptors (Lipinski definition) is 4. The molecule has 2 atom stereocenters. The van der Waals surface area contributed by atoms with Gasteiger partial charge in [0.05, 0.1) is 6.10 Å². The number of ether oxygens (including phenoxy) is 1. The summed E-state index contributed by atoms with van der Waals surface area (Å²) in [5, 5.41) is 13.5. The number of hydrogen-bond donors (Lipinski definition) is 3. The lowest BCUT2D eigenvalue weighted by atomic mass is 10.1. The number of nitrogens with two attached hydrogens (primary N) is 1. The normalized spacial score (nSPS) is 13.2. The summed E-state index contributed by atoms with van der Waals surface area (Å²) in [6.07, 6.45) is 0.315. The molecule has 128 valence electrons. The van der Waals surface area contributed by atoms with Crippen LogP contribution < -0.4 is 15.8 Å². The second kappa shape index (κ2) is 9.05. The van der Waals surface area contributed by atoms with Crippen molar-refractivity contribution in [3.05, 3.63) is 65.7 Å². The van der Waals surface area contributed by atoms with Crippen molar-refractivity contribution in [2.45, 2.75) is 25.5 Å². The van der Waals surface area contributed by atoms with Gasteiger partial charge in [0.15, 0.2) is 6.61 Å². The zero-order valence-corrected chi connectivity index (χ0v) is 13.8. The molecule has 0 aromatic heterocycles. The first-order valence-corrected chi connectivity index (χ1v) is 8.01. The van der Waals surface area contributed by atoms with Crippen LogP contribution in [0, 0.1) is 0 Å². The molecule has 0 aliphatic rings. The molecule has 0 bridgehead atoms. The first-order chi connectivity index (χ1) is 11.5. The van der Waals surface area contributed by atoms with E-state index >= 15 is 0 Å². The van der Waals surface area contributed by atoms with E-state index in [1.165, 1.54) is 0 Å². The molecule has 0 fully saturated rings. The number of aliphatic hydroxyl groups is 1. The first-order valence-electron chi connectivity index (χ1n) is 8.01. The van der Waals surface area contributed by atoms with E-state index in [4.69, 9.17) is 10.5 Å². The summed E-state index contributed by atoms with van der Waals surface area (Å²) in [7, 11) is 0. The van der Waals surface area contributed by atoms with Crippen LogP contribution >= 0.6 is 0 Å². The third kappa shape index (κ3) is 6.02. The van der Waals surface area contributed by atoms with Crippen LogP contribution in [0.4, 0.5) is 0 Å². The van der Waals surface area contributed by atoms with Crippen molar-refractivity contribution < 1.29 is 14.6 Å². The second-order valence-electron chi connectivity index (χ2n) is 5.84. The smallest absolute Gasteiger partial charge is 0.255 e. The second-order valence-corrected chi connectivity index (χ2v) is 5.84. The lowest BCUT2D eigenvalue weighted by Crippen LogP contribution is -2.32. The van der Waals surface area contributed by atoms with Crippen molar-refractivity contribution in [1.82, 2.24) is 5.32 Å². The Morgan fingerprint density at radius 2 is 1.83 bits per heavy atom. The van der Waals surface area contributed by atoms with Gasteiger partial charge in [0.2, 0.25) is 0 Å². The Hall–Kier alpha value is -2.37. The first kappa shape index (κ1) is 18.0. The van der Waals surface area contributed by atoms with Crippen LogP contribution in [0.25, 0.3) is 0 Å². The van der Waals surface area contributed by atoms with Gasteiger partial charge in [0.25, 0.3) is 5.91 Å². The minimum atomic E-state index is -0.516. The van der Waals surface area contributed by atoms with E-state index in [0.29, 0.717) is 12.3 Å². The van der Waals surface area contributed by atoms with Crippen LogP contribution in [0.3, 0.4) is 0 Å². The molecule has 24 heavy (non-hydrogen) atoms. The SMILES string of the molecule is CC(Cc1ccc(OCC(N)=O)cc1)NCC(O)c1ccccc1. The van der Waals surface area contributed by atoms with Gasteiger partial charge < -0.3 is 20.9 Å². The summed E-state index contributed by atoms with van der Waals surface area (Å²) in [6.45, 7) is 2.47. The van der Waals surface area contributed by atoms with E-state index in [1.807, 2.05) is 54.6 Å². The summed E-state index contributed by atoms with van der Waals surface area (Å²) in [4.78, 5) is 10.7. The highest BCUT2D eigenvalue weighted by Gasteiger charge is 2.09. The van der Waals surface area contributed by atoms with E-state index in [1.54, 1.807) is 0 Å². The van der Waals surface area contributed by atoms with E-state index in [-0.39, 0.29) is 12.6 Å². The molecular weight excluding hydrogens is 304 g/mol. The molecule has 5 nitrogen and oxygen atoms in total. The highest BCUT2D eigenvalue weighted by Crippen LogP contribution is 2.14. The van der Waals surface area contributed by atoms with E-state index in [0.717, 1.165) is 17.5 Å². The fourth-order valence-corrected chi connectivity index (χ4v) is 2.41. The van der Waals surface area contributed by atoms with E-state index in [2.05, 4.69) is 12.2 Å². The Labute approximate surface area is 142 Å². The van der Waals surface area contributed by atoms with Crippen molar-refractivity contribution in [3.63, 3.8) is 0 Å². The average Bonchev–Trinajstić information content (AvgIpc) is 2.60. The van der Waals surface area contributed by atoms with Gasteiger partial charge >= 0.3 is 0 Å². The molecule has 2 aromatic rings. The van der Waals surface area contributed by atoms with Crippen molar-refractivity contribution in [2.75, 3.05) is 13.2 Å². The topological polar surface area (TPSA) is 84.6 Å². The predicted molar refractivity (Wildman–Crippen MR) is 93.7 cm³/mol. The van der Waals surface area contributed by atoms with Crippen LogP contribution in [0.5, 0.6) is 5.75 Å². The standard InChI is InChI=1S/C19H24N2O3/c1-14(21-12-18(22)16-5-3-2-4-6-16)11-15-7-9-17(10-8-15)24-13-19(20)23/h2-10,14,18,21-22H,11-13H2,1H3,(H2,20,23). The van der Waals surface area contributed by atoms with Gasteiger partial charge in [-0.2, -0.15) is 0 Å². The minimum absolute atomic E-state index is 0.116. The summed E-state index contributed by atoms with van der Waals surface area (Å²) < 4.78 is 5.23. The third-order valence-electron chi connectivity index (χ3n) is 3.69. The quantitative estimate of drug-likeness (QED) is 0.655. The van der Waals surface area contributed by atoms with Crippen LogP contribution in [0.1, 0.15) is 24.2 Å². The zero-order chi connectivity index (χ0) is 17.4. The zero-order valence-electron chi connectivity index (χ0n) is 13.8. The van der Waals surface area contributed by atoms with Gasteiger partial charge in [-0.25, -0.2) is 0 Å². The van der Waals surface area contributed by atoms with Crippen LogP contribution in [0.15, 0.2) is 54.6 Å². The molecule has 4 N–H and O–H groups in total. The van der Waals surface area contributed by atoms with Crippen LogP contribution in [0.2, 0.25) is 0 Å². The molecule has 0 saturated heterocycles. The monoisotopic (exact) mass is 328 g/mol. The molecule has 1 amide bonds. The number of carbonyl (C=O) groups excluding carboxylic acids is 1. The fourth-order valence-electron chi connectivity index (χ4n) is 2.41. The van der Waals surface area contributed by atoms with E-state index in [9.17, 15) is 9.90 Å². The third-order valence-corrected chi connectivity index (χ3v) is 3.69. The number of benzene rings is 2. The molecule has 0 spiro atoms. The molecular formula is C19H24N2O3. The molecule has 0 radical (unpaired) electrons. The molecule has 2 unspecified atom stereocenters. The molecule has 0 saturated carbocycles. The van der Waals surface area contributed by atoms with Crippen molar-refractivity contribution in [3.8, 4) is 5.75 Å². The maximum Gasteiger partial charge on any atom is 0.255 e. The molecule has 2 aromatic carbocycles. The maximum atomic E-state index is 10.7. The van der Waals surface area contributed by atoms with E-state index < -0.39 is 12.0 Å². The number of amides is 1. The molecule has 0 aliphatic heterocycles. The summed E-state index contributed by atoms with van der Waals surface area (Å²) >= 11 is 0. The summed E-state index contributed by atoms with van der Waals surface area (Å²) in [5.74, 6) is 0.131. The van der Waals surface area contributed by atoms with Crippen LogP contribution in [-0.2, 0) is 11.2 Å². The Bertz CT molecular complexity index is 629. The number of nitrogens with one attached hydrogen (secondary N) is 1. The molecule has 0 heterocycles. The van der Waals surface area contributed by atoms with Gasteiger partial charge in [-0.15, -0.1) is 0 Å². The number of rotatable bonds is 9. The van der Waals surface area contributed by atoms with Crippen molar-refractivity contribution >= 4 is 5.91 Å². The average molecular weight is 328 g/mol. The highest BCUT2D eigenvalue weighted by atomic mass is 16.5. The highest BCUT2D eigenvalue weighted by molar-refractivity contribution is 5.75. The van der Waals surface area contributed by atoms with Gasteiger partial charge in [-0.1, -0.05) is 42.5 Å². The van der Waals surface area contributed by atoms with Crippen LogP contribution in [-0.4, -0.2) is 30.2 Å². The Balaban J connectivity index is 1.77. The Morgan fingerprint density at radius 1 is 1.17 bits per heavy atom. The van der Waals surface area contributed by atoms with Crippen molar-refractivity contribution in [2.24, 2.45) is 5.73 Å². The van der Waals surface area contributed by atoms with Gasteiger partial charge in [0, 0.05) is 12.6 Å². The minimum Gasteiger partial charge on any atom is -0.484 e. The lowest BCUT2D eigenvalue weighted by molar-refractivity contribution is -0.119.